The Hall–Kier alpha value is -1.28. The van der Waals surface area contributed by atoms with Crippen LogP contribution in [0.1, 0.15) is 136 Å². The normalized spacial score (nSPS) is 12.2. The molecule has 0 aliphatic rings. The minimum Gasteiger partial charge on any atom is -0.508 e. The molecule has 0 aliphatic heterocycles. The molecule has 0 heterocycles. The van der Waals surface area contributed by atoms with Crippen LogP contribution in [-0.2, 0) is 0 Å². The van der Waals surface area contributed by atoms with E-state index in [4.69, 9.17) is 0 Å². The van der Waals surface area contributed by atoms with Gasteiger partial charge in [0.2, 0.25) is 0 Å². The maximum absolute atomic E-state index is 11.9. The quantitative estimate of drug-likeness (QED) is 0.151. The van der Waals surface area contributed by atoms with Crippen molar-refractivity contribution in [1.29, 1.82) is 0 Å². The van der Waals surface area contributed by atoms with Crippen LogP contribution in [0.5, 0.6) is 5.75 Å². The number of hydrogen-bond donors (Lipinski definition) is 1. The van der Waals surface area contributed by atoms with Gasteiger partial charge < -0.3 is 5.11 Å². The summed E-state index contributed by atoms with van der Waals surface area (Å²) in [7, 11) is -1.82. The van der Waals surface area contributed by atoms with E-state index in [0.717, 1.165) is 0 Å². The fraction of sp³-hybridized carbons (Fsp3) is 0.697. The molecule has 0 bridgehead atoms. The Morgan fingerprint density at radius 3 is 1.69 bits per heavy atom. The van der Waals surface area contributed by atoms with Crippen molar-refractivity contribution in [2.75, 3.05) is 0 Å². The Morgan fingerprint density at radius 1 is 0.657 bits per heavy atom. The zero-order chi connectivity index (χ0) is 25.5. The lowest BCUT2D eigenvalue weighted by atomic mass is 9.95. The fourth-order valence-corrected chi connectivity index (χ4v) is 11.7. The average molecular weight is 497 g/mol. The molecule has 2 aromatic rings. The summed E-state index contributed by atoms with van der Waals surface area (Å²) in [4.78, 5) is 0. The molecule has 1 nitrogen and oxygen atoms in total. The first-order valence-electron chi connectivity index (χ1n) is 15.3. The minimum atomic E-state index is -1.82. The number of benzene rings is 2. The maximum atomic E-state index is 11.9. The summed E-state index contributed by atoms with van der Waals surface area (Å²) in [5.41, 5.74) is 1.19. The number of phenols is 1. The van der Waals surface area contributed by atoms with E-state index in [1.165, 1.54) is 130 Å². The number of hydrogen-bond acceptors (Lipinski definition) is 1. The number of rotatable bonds is 19. The average Bonchev–Trinajstić information content (AvgIpc) is 2.85. The molecule has 0 saturated heterocycles. The van der Waals surface area contributed by atoms with E-state index in [9.17, 15) is 5.11 Å². The molecule has 0 radical (unpaired) electrons. The molecule has 0 aromatic heterocycles. The smallest absolute Gasteiger partial charge is 0.118 e. The van der Waals surface area contributed by atoms with Crippen molar-refractivity contribution in [2.45, 2.75) is 149 Å². The largest absolute Gasteiger partial charge is 0.508 e. The third-order valence-corrected chi connectivity index (χ3v) is 13.7. The van der Waals surface area contributed by atoms with Crippen LogP contribution in [0.3, 0.4) is 0 Å². The Bertz CT molecular complexity index is 824. The summed E-state index contributed by atoms with van der Waals surface area (Å²) >= 11 is 0. The third-order valence-electron chi connectivity index (χ3n) is 8.24. The van der Waals surface area contributed by atoms with Gasteiger partial charge in [-0.25, -0.2) is 0 Å². The lowest BCUT2D eigenvalue weighted by molar-refractivity contribution is 0.470. The topological polar surface area (TPSA) is 20.2 Å². The van der Waals surface area contributed by atoms with E-state index in [0.29, 0.717) is 11.7 Å². The number of aromatic hydroxyl groups is 1. The van der Waals surface area contributed by atoms with E-state index in [-0.39, 0.29) is 0 Å². The summed E-state index contributed by atoms with van der Waals surface area (Å²) in [6, 6.07) is 15.3. The molecule has 2 aromatic carbocycles. The highest BCUT2D eigenvalue weighted by Crippen LogP contribution is 2.38. The first-order chi connectivity index (χ1) is 17.0. The molecule has 35 heavy (non-hydrogen) atoms. The lowest BCUT2D eigenvalue weighted by Crippen LogP contribution is -2.48. The predicted molar refractivity (Wildman–Crippen MR) is 161 cm³/mol. The number of phenolic OH excluding ortho intramolecular Hbond substituents is 1. The predicted octanol–water partition coefficient (Wildman–Crippen LogP) is 10.8. The van der Waals surface area contributed by atoms with Crippen molar-refractivity contribution < 1.29 is 5.11 Å². The maximum Gasteiger partial charge on any atom is 0.118 e. The second-order valence-electron chi connectivity index (χ2n) is 11.5. The van der Waals surface area contributed by atoms with Crippen LogP contribution in [-0.4, -0.2) is 13.2 Å². The molecule has 198 valence electrons. The van der Waals surface area contributed by atoms with Gasteiger partial charge in [-0.3, -0.25) is 0 Å². The van der Waals surface area contributed by atoms with Crippen molar-refractivity contribution in [3.8, 4) is 5.75 Å². The second kappa shape index (κ2) is 16.5. The Morgan fingerprint density at radius 2 is 1.14 bits per heavy atom. The molecular formula is C33H56OSi. The van der Waals surface area contributed by atoms with Crippen LogP contribution in [0, 0.1) is 0 Å². The van der Waals surface area contributed by atoms with Gasteiger partial charge in [0.1, 0.15) is 5.75 Å². The van der Waals surface area contributed by atoms with Gasteiger partial charge in [-0.15, -0.1) is 0 Å². The van der Waals surface area contributed by atoms with Gasteiger partial charge in [-0.1, -0.05) is 173 Å². The van der Waals surface area contributed by atoms with Gasteiger partial charge in [-0.05, 0) is 21.9 Å². The SMILES string of the molecule is CCCCCCCC[Si](CCCC)(CCCCCCCC)c1cc2ccccc2c(C(C)C)c1O. The number of fused-ring (bicyclic) bond motifs is 1. The van der Waals surface area contributed by atoms with Gasteiger partial charge in [0.05, 0.1) is 8.07 Å². The van der Waals surface area contributed by atoms with Crippen molar-refractivity contribution in [3.05, 3.63) is 35.9 Å². The highest BCUT2D eigenvalue weighted by Gasteiger charge is 2.37. The van der Waals surface area contributed by atoms with Gasteiger partial charge >= 0.3 is 0 Å². The highest BCUT2D eigenvalue weighted by atomic mass is 28.3. The first-order valence-corrected chi connectivity index (χ1v) is 17.9. The molecule has 0 unspecified atom stereocenters. The highest BCUT2D eigenvalue weighted by molar-refractivity contribution is 6.92. The number of unbranched alkanes of at least 4 members (excludes halogenated alkanes) is 11. The second-order valence-corrected chi connectivity index (χ2v) is 16.1. The van der Waals surface area contributed by atoms with E-state index in [2.05, 4.69) is 65.0 Å². The van der Waals surface area contributed by atoms with E-state index < -0.39 is 8.07 Å². The lowest BCUT2D eigenvalue weighted by Gasteiger charge is -2.35. The standard InChI is InChI=1S/C33H56OSi/c1-6-9-12-14-16-20-25-35(24-11-8-3,26-21-17-15-13-10-7-2)31-27-29-22-18-19-23-30(29)32(28(4)5)33(31)34/h18-19,22-23,27-28,34H,6-17,20-21,24-26H2,1-5H3. The summed E-state index contributed by atoms with van der Waals surface area (Å²) in [5, 5.41) is 15.9. The van der Waals surface area contributed by atoms with Gasteiger partial charge in [0.25, 0.3) is 0 Å². The van der Waals surface area contributed by atoms with Crippen LogP contribution in [0.15, 0.2) is 30.3 Å². The summed E-state index contributed by atoms with van der Waals surface area (Å²) in [5.74, 6) is 0.999. The summed E-state index contributed by atoms with van der Waals surface area (Å²) in [6.07, 6.45) is 18.9. The molecule has 1 N–H and O–H groups in total. The zero-order valence-corrected chi connectivity index (χ0v) is 24.9. The monoisotopic (exact) mass is 496 g/mol. The van der Waals surface area contributed by atoms with Crippen molar-refractivity contribution in [3.63, 3.8) is 0 Å². The van der Waals surface area contributed by atoms with Gasteiger partial charge in [-0.2, -0.15) is 0 Å². The Balaban J connectivity index is 2.42. The van der Waals surface area contributed by atoms with Crippen molar-refractivity contribution in [1.82, 2.24) is 0 Å². The molecule has 0 saturated carbocycles. The summed E-state index contributed by atoms with van der Waals surface area (Å²) in [6.45, 7) is 11.5. The zero-order valence-electron chi connectivity index (χ0n) is 23.9. The minimum absolute atomic E-state index is 0.334. The van der Waals surface area contributed by atoms with Crippen LogP contribution in [0.25, 0.3) is 10.8 Å². The van der Waals surface area contributed by atoms with Crippen LogP contribution in [0.2, 0.25) is 18.1 Å². The molecule has 0 atom stereocenters. The molecule has 2 rings (SSSR count). The van der Waals surface area contributed by atoms with E-state index >= 15 is 0 Å². The molecule has 0 fully saturated rings. The van der Waals surface area contributed by atoms with Crippen molar-refractivity contribution >= 4 is 24.0 Å². The van der Waals surface area contributed by atoms with E-state index in [1.54, 1.807) is 0 Å². The molecule has 2 heteroatoms. The Kier molecular flexibility index (Phi) is 14.1. The fourth-order valence-electron chi connectivity index (χ4n) is 6.13. The molecular weight excluding hydrogens is 440 g/mol. The Labute approximate surface area is 219 Å². The van der Waals surface area contributed by atoms with Crippen LogP contribution in [0.4, 0.5) is 0 Å². The first kappa shape index (κ1) is 29.9. The van der Waals surface area contributed by atoms with Crippen LogP contribution >= 0.6 is 0 Å². The van der Waals surface area contributed by atoms with Gasteiger partial charge in [0, 0.05) is 5.56 Å². The molecule has 0 amide bonds. The molecule has 0 aliphatic carbocycles. The van der Waals surface area contributed by atoms with Crippen molar-refractivity contribution in [2.24, 2.45) is 0 Å². The molecule has 0 spiro atoms. The van der Waals surface area contributed by atoms with Gasteiger partial charge in [0.15, 0.2) is 0 Å². The third kappa shape index (κ3) is 8.95. The summed E-state index contributed by atoms with van der Waals surface area (Å²) < 4.78 is 0. The van der Waals surface area contributed by atoms with E-state index in [1.807, 2.05) is 0 Å². The van der Waals surface area contributed by atoms with Crippen LogP contribution < -0.4 is 5.19 Å².